The third kappa shape index (κ3) is 4.91. The standard InChI is InChI=1S/C22H21F2N5OS/c1-14(2)22(3,13-25)26-19(30)12-31-21-28-27-20(15-7-5-4-6-8-15)29(21)18-10-9-16(23)11-17(18)24/h4-11,14H,12H2,1-3H3,(H,26,30)/t22-/m0/s1. The van der Waals surface area contributed by atoms with E-state index in [9.17, 15) is 18.8 Å². The maximum absolute atomic E-state index is 14.6. The molecule has 160 valence electrons. The summed E-state index contributed by atoms with van der Waals surface area (Å²) in [5.41, 5.74) is -0.257. The number of nitrogens with zero attached hydrogens (tertiary/aromatic N) is 4. The number of amides is 1. The number of benzene rings is 2. The lowest BCUT2D eigenvalue weighted by Gasteiger charge is -2.27. The highest BCUT2D eigenvalue weighted by atomic mass is 32.2. The second kappa shape index (κ2) is 9.27. The van der Waals surface area contributed by atoms with Crippen molar-refractivity contribution in [2.75, 3.05) is 5.75 Å². The lowest BCUT2D eigenvalue weighted by Crippen LogP contribution is -2.49. The zero-order valence-corrected chi connectivity index (χ0v) is 18.1. The molecule has 3 rings (SSSR count). The van der Waals surface area contributed by atoms with Crippen LogP contribution in [0.1, 0.15) is 20.8 Å². The Morgan fingerprint density at radius 2 is 1.94 bits per heavy atom. The van der Waals surface area contributed by atoms with E-state index in [-0.39, 0.29) is 28.4 Å². The van der Waals surface area contributed by atoms with E-state index in [0.29, 0.717) is 11.4 Å². The fraction of sp³-hybridized carbons (Fsp3) is 0.273. The molecule has 0 aliphatic rings. The molecule has 0 saturated heterocycles. The Kier molecular flexibility index (Phi) is 6.71. The van der Waals surface area contributed by atoms with Gasteiger partial charge in [0.1, 0.15) is 17.2 Å². The van der Waals surface area contributed by atoms with Gasteiger partial charge in [0.25, 0.3) is 0 Å². The molecule has 6 nitrogen and oxygen atoms in total. The molecule has 1 amide bonds. The Bertz CT molecular complexity index is 1130. The lowest BCUT2D eigenvalue weighted by molar-refractivity contribution is -0.120. The highest BCUT2D eigenvalue weighted by Crippen LogP contribution is 2.29. The quantitative estimate of drug-likeness (QED) is 0.551. The molecule has 1 aromatic heterocycles. The molecule has 3 aromatic rings. The Morgan fingerprint density at radius 3 is 2.55 bits per heavy atom. The second-order valence-corrected chi connectivity index (χ2v) is 8.35. The van der Waals surface area contributed by atoms with Gasteiger partial charge in [0, 0.05) is 11.6 Å². The van der Waals surface area contributed by atoms with Crippen LogP contribution in [0.5, 0.6) is 0 Å². The Morgan fingerprint density at radius 1 is 1.23 bits per heavy atom. The fourth-order valence-corrected chi connectivity index (χ4v) is 3.52. The van der Waals surface area contributed by atoms with Crippen LogP contribution in [0.4, 0.5) is 8.78 Å². The molecule has 9 heteroatoms. The van der Waals surface area contributed by atoms with E-state index in [4.69, 9.17) is 0 Å². The third-order valence-corrected chi connectivity index (χ3v) is 5.86. The summed E-state index contributed by atoms with van der Waals surface area (Å²) in [7, 11) is 0. The van der Waals surface area contributed by atoms with Crippen LogP contribution in [0.3, 0.4) is 0 Å². The van der Waals surface area contributed by atoms with Gasteiger partial charge in [-0.15, -0.1) is 10.2 Å². The Hall–Kier alpha value is -3.25. The van der Waals surface area contributed by atoms with Gasteiger partial charge in [0.15, 0.2) is 11.0 Å². The number of halogens is 2. The van der Waals surface area contributed by atoms with Crippen molar-refractivity contribution in [1.29, 1.82) is 5.26 Å². The number of aromatic nitrogens is 3. The van der Waals surface area contributed by atoms with E-state index in [1.165, 1.54) is 10.6 Å². The molecule has 0 aliphatic heterocycles. The fourth-order valence-electron chi connectivity index (χ4n) is 2.77. The van der Waals surface area contributed by atoms with Crippen molar-refractivity contribution in [3.63, 3.8) is 0 Å². The van der Waals surface area contributed by atoms with Crippen molar-refractivity contribution in [1.82, 2.24) is 20.1 Å². The molecule has 0 aliphatic carbocycles. The number of nitrogens with one attached hydrogen (secondary N) is 1. The molecule has 1 N–H and O–H groups in total. The monoisotopic (exact) mass is 441 g/mol. The molecule has 0 bridgehead atoms. The van der Waals surface area contributed by atoms with Crippen LogP contribution in [0, 0.1) is 28.9 Å². The zero-order valence-electron chi connectivity index (χ0n) is 17.3. The highest BCUT2D eigenvalue weighted by molar-refractivity contribution is 7.99. The van der Waals surface area contributed by atoms with Gasteiger partial charge < -0.3 is 5.32 Å². The first-order valence-corrected chi connectivity index (χ1v) is 10.5. The van der Waals surface area contributed by atoms with Crippen LogP contribution in [0.15, 0.2) is 53.7 Å². The van der Waals surface area contributed by atoms with Crippen LogP contribution in [-0.4, -0.2) is 32.0 Å². The van der Waals surface area contributed by atoms with Crippen molar-refractivity contribution in [3.05, 3.63) is 60.2 Å². The van der Waals surface area contributed by atoms with E-state index in [0.717, 1.165) is 23.9 Å². The molecular formula is C22H21F2N5OS. The number of thioether (sulfide) groups is 1. The van der Waals surface area contributed by atoms with Crippen molar-refractivity contribution < 1.29 is 13.6 Å². The predicted octanol–water partition coefficient (Wildman–Crippen LogP) is 4.36. The van der Waals surface area contributed by atoms with Crippen LogP contribution in [0.2, 0.25) is 0 Å². The summed E-state index contributed by atoms with van der Waals surface area (Å²) in [4.78, 5) is 12.5. The first-order valence-electron chi connectivity index (χ1n) is 9.56. The summed E-state index contributed by atoms with van der Waals surface area (Å²) < 4.78 is 29.5. The number of carbonyl (C=O) groups excluding carboxylic acids is 1. The van der Waals surface area contributed by atoms with Crippen molar-refractivity contribution >= 4 is 17.7 Å². The van der Waals surface area contributed by atoms with E-state index >= 15 is 0 Å². The van der Waals surface area contributed by atoms with Crippen LogP contribution < -0.4 is 5.32 Å². The molecule has 0 unspecified atom stereocenters. The minimum atomic E-state index is -1.01. The summed E-state index contributed by atoms with van der Waals surface area (Å²) in [5.74, 6) is -1.63. The van der Waals surface area contributed by atoms with Gasteiger partial charge in [-0.3, -0.25) is 9.36 Å². The Labute approximate surface area is 183 Å². The van der Waals surface area contributed by atoms with Gasteiger partial charge in [-0.2, -0.15) is 5.26 Å². The molecule has 0 radical (unpaired) electrons. The summed E-state index contributed by atoms with van der Waals surface area (Å²) in [6.45, 7) is 5.34. The van der Waals surface area contributed by atoms with E-state index in [1.807, 2.05) is 32.0 Å². The first-order chi connectivity index (χ1) is 14.7. The number of hydrogen-bond acceptors (Lipinski definition) is 5. The van der Waals surface area contributed by atoms with E-state index in [2.05, 4.69) is 21.6 Å². The Balaban J connectivity index is 1.93. The SMILES string of the molecule is CC(C)[C@](C)(C#N)NC(=O)CSc1nnc(-c2ccccc2)n1-c1ccc(F)cc1F. The van der Waals surface area contributed by atoms with Gasteiger partial charge in [-0.05, 0) is 25.0 Å². The minimum absolute atomic E-state index is 0.0558. The molecule has 31 heavy (non-hydrogen) atoms. The average Bonchev–Trinajstić information content (AvgIpc) is 3.16. The molecule has 0 fully saturated rings. The summed E-state index contributed by atoms with van der Waals surface area (Å²) >= 11 is 1.05. The van der Waals surface area contributed by atoms with Crippen molar-refractivity contribution in [2.24, 2.45) is 5.92 Å². The van der Waals surface area contributed by atoms with E-state index < -0.39 is 17.2 Å². The lowest BCUT2D eigenvalue weighted by atomic mass is 9.90. The molecule has 0 spiro atoms. The minimum Gasteiger partial charge on any atom is -0.337 e. The van der Waals surface area contributed by atoms with E-state index in [1.54, 1.807) is 19.1 Å². The smallest absolute Gasteiger partial charge is 0.231 e. The molecule has 1 heterocycles. The van der Waals surface area contributed by atoms with Crippen LogP contribution in [-0.2, 0) is 4.79 Å². The number of rotatable bonds is 7. The largest absolute Gasteiger partial charge is 0.337 e. The van der Waals surface area contributed by atoms with Crippen LogP contribution >= 0.6 is 11.8 Å². The maximum Gasteiger partial charge on any atom is 0.231 e. The van der Waals surface area contributed by atoms with Gasteiger partial charge >= 0.3 is 0 Å². The first kappa shape index (κ1) is 22.4. The molecule has 0 saturated carbocycles. The molecular weight excluding hydrogens is 420 g/mol. The second-order valence-electron chi connectivity index (χ2n) is 7.41. The number of hydrogen-bond donors (Lipinski definition) is 1. The van der Waals surface area contributed by atoms with Crippen molar-refractivity contribution in [3.8, 4) is 23.1 Å². The maximum atomic E-state index is 14.6. The average molecular weight is 442 g/mol. The number of carbonyl (C=O) groups is 1. The van der Waals surface area contributed by atoms with Crippen LogP contribution in [0.25, 0.3) is 17.1 Å². The summed E-state index contributed by atoms with van der Waals surface area (Å²) in [6, 6.07) is 14.4. The highest BCUT2D eigenvalue weighted by Gasteiger charge is 2.30. The predicted molar refractivity (Wildman–Crippen MR) is 114 cm³/mol. The summed E-state index contributed by atoms with van der Waals surface area (Å²) in [6.07, 6.45) is 0. The third-order valence-electron chi connectivity index (χ3n) is 4.93. The van der Waals surface area contributed by atoms with Gasteiger partial charge in [-0.25, -0.2) is 8.78 Å². The van der Waals surface area contributed by atoms with Gasteiger partial charge in [0.2, 0.25) is 5.91 Å². The number of nitriles is 1. The topological polar surface area (TPSA) is 83.6 Å². The molecule has 1 atom stereocenters. The normalized spacial score (nSPS) is 12.9. The van der Waals surface area contributed by atoms with Gasteiger partial charge in [-0.1, -0.05) is 55.9 Å². The zero-order chi connectivity index (χ0) is 22.6. The van der Waals surface area contributed by atoms with Gasteiger partial charge in [0.05, 0.1) is 17.5 Å². The summed E-state index contributed by atoms with van der Waals surface area (Å²) in [5, 5.41) is 20.7. The van der Waals surface area contributed by atoms with Crippen molar-refractivity contribution in [2.45, 2.75) is 31.5 Å². The molecule has 2 aromatic carbocycles.